The number of ether oxygens (including phenoxy) is 1. The number of carbonyl (C=O) groups excluding carboxylic acids is 1. The first-order valence-corrected chi connectivity index (χ1v) is 7.20. The quantitative estimate of drug-likeness (QED) is 0.332. The highest BCUT2D eigenvalue weighted by Gasteiger charge is 2.31. The Labute approximate surface area is 140 Å². The van der Waals surface area contributed by atoms with Crippen LogP contribution >= 0.6 is 0 Å². The highest BCUT2D eigenvalue weighted by atomic mass is 19.2. The minimum absolute atomic E-state index is 0.707. The van der Waals surface area contributed by atoms with Gasteiger partial charge in [0.2, 0.25) is 5.82 Å². The molecule has 2 aromatic carbocycles. The SMILES string of the molecule is C/C(=C\[C@H](C)OC(=O)c1c(F)c(F)c(F)c(F)c1F)c1ccccc1. The van der Waals surface area contributed by atoms with E-state index in [1.165, 1.54) is 13.0 Å². The van der Waals surface area contributed by atoms with Crippen LogP contribution in [0, 0.1) is 29.1 Å². The molecule has 0 N–H and O–H groups in total. The normalized spacial score (nSPS) is 12.8. The summed E-state index contributed by atoms with van der Waals surface area (Å²) in [5, 5.41) is 0. The van der Waals surface area contributed by atoms with Gasteiger partial charge >= 0.3 is 5.97 Å². The van der Waals surface area contributed by atoms with Gasteiger partial charge in [-0.1, -0.05) is 30.3 Å². The van der Waals surface area contributed by atoms with Gasteiger partial charge in [-0.3, -0.25) is 0 Å². The second-order valence-electron chi connectivity index (χ2n) is 5.27. The molecule has 0 radical (unpaired) electrons. The van der Waals surface area contributed by atoms with Crippen LogP contribution in [-0.4, -0.2) is 12.1 Å². The Balaban J connectivity index is 2.26. The van der Waals surface area contributed by atoms with Crippen LogP contribution in [0.1, 0.15) is 29.8 Å². The Morgan fingerprint density at radius 3 is 1.92 bits per heavy atom. The van der Waals surface area contributed by atoms with Crippen molar-refractivity contribution in [1.29, 1.82) is 0 Å². The van der Waals surface area contributed by atoms with Crippen molar-refractivity contribution in [2.75, 3.05) is 0 Å². The van der Waals surface area contributed by atoms with Crippen molar-refractivity contribution in [3.05, 3.63) is 76.6 Å². The molecule has 7 heteroatoms. The van der Waals surface area contributed by atoms with Gasteiger partial charge in [0.15, 0.2) is 23.3 Å². The first kappa shape index (κ1) is 18.6. The van der Waals surface area contributed by atoms with E-state index >= 15 is 0 Å². The van der Waals surface area contributed by atoms with Gasteiger partial charge in [-0.05, 0) is 31.1 Å². The van der Waals surface area contributed by atoms with E-state index in [0.29, 0.717) is 5.57 Å². The van der Waals surface area contributed by atoms with E-state index in [4.69, 9.17) is 4.74 Å². The second kappa shape index (κ2) is 7.46. The van der Waals surface area contributed by atoms with Crippen LogP contribution < -0.4 is 0 Å². The first-order chi connectivity index (χ1) is 11.7. The van der Waals surface area contributed by atoms with Crippen LogP contribution in [0.5, 0.6) is 0 Å². The molecule has 0 fully saturated rings. The molecule has 0 heterocycles. The summed E-state index contributed by atoms with van der Waals surface area (Å²) in [7, 11) is 0. The molecule has 2 aromatic rings. The monoisotopic (exact) mass is 356 g/mol. The van der Waals surface area contributed by atoms with Gasteiger partial charge in [-0.15, -0.1) is 0 Å². The third kappa shape index (κ3) is 3.87. The van der Waals surface area contributed by atoms with Crippen molar-refractivity contribution >= 4 is 11.5 Å². The molecular formula is C18H13F5O2. The highest BCUT2D eigenvalue weighted by Crippen LogP contribution is 2.24. The predicted octanol–water partition coefficient (Wildman–Crippen LogP) is 5.03. The Bertz CT molecular complexity index is 802. The van der Waals surface area contributed by atoms with Crippen LogP contribution in [-0.2, 0) is 4.74 Å². The number of hydrogen-bond donors (Lipinski definition) is 0. The third-order valence-corrected chi connectivity index (χ3v) is 3.42. The van der Waals surface area contributed by atoms with Crippen molar-refractivity contribution in [3.63, 3.8) is 0 Å². The summed E-state index contributed by atoms with van der Waals surface area (Å²) >= 11 is 0. The lowest BCUT2D eigenvalue weighted by Gasteiger charge is -2.13. The maximum atomic E-state index is 13.6. The van der Waals surface area contributed by atoms with Gasteiger partial charge < -0.3 is 4.74 Å². The van der Waals surface area contributed by atoms with Crippen molar-refractivity contribution in [2.45, 2.75) is 20.0 Å². The van der Waals surface area contributed by atoms with Gasteiger partial charge in [0.25, 0.3) is 0 Å². The molecule has 0 bridgehead atoms. The number of rotatable bonds is 4. The lowest BCUT2D eigenvalue weighted by Crippen LogP contribution is -2.19. The van der Waals surface area contributed by atoms with E-state index in [9.17, 15) is 26.7 Å². The Kier molecular flexibility index (Phi) is 5.56. The number of halogens is 5. The second-order valence-corrected chi connectivity index (χ2v) is 5.27. The summed E-state index contributed by atoms with van der Waals surface area (Å²) in [6, 6.07) is 8.98. The average molecular weight is 356 g/mol. The lowest BCUT2D eigenvalue weighted by molar-refractivity contribution is 0.0410. The lowest BCUT2D eigenvalue weighted by atomic mass is 10.1. The van der Waals surface area contributed by atoms with E-state index in [2.05, 4.69) is 0 Å². The largest absolute Gasteiger partial charge is 0.455 e. The molecule has 0 spiro atoms. The fourth-order valence-corrected chi connectivity index (χ4v) is 2.20. The smallest absolute Gasteiger partial charge is 0.344 e. The molecule has 0 unspecified atom stereocenters. The standard InChI is InChI=1S/C18H13F5O2/c1-9(11-6-4-3-5-7-11)8-10(2)25-18(24)12-13(19)15(21)17(23)16(22)14(12)20/h3-8,10H,1-2H3/b9-8+/t10-/m0/s1. The van der Waals surface area contributed by atoms with Gasteiger partial charge in [-0.25, -0.2) is 26.7 Å². The molecule has 0 aliphatic rings. The third-order valence-electron chi connectivity index (χ3n) is 3.42. The maximum absolute atomic E-state index is 13.6. The molecule has 0 saturated carbocycles. The minimum Gasteiger partial charge on any atom is -0.455 e. The molecule has 2 nitrogen and oxygen atoms in total. The summed E-state index contributed by atoms with van der Waals surface area (Å²) in [6.07, 6.45) is 0.530. The molecule has 0 aliphatic carbocycles. The van der Waals surface area contributed by atoms with E-state index in [-0.39, 0.29) is 0 Å². The van der Waals surface area contributed by atoms with Crippen LogP contribution in [0.15, 0.2) is 36.4 Å². The zero-order valence-electron chi connectivity index (χ0n) is 13.2. The minimum atomic E-state index is -2.33. The van der Waals surface area contributed by atoms with Crippen LogP contribution in [0.2, 0.25) is 0 Å². The molecule has 0 aliphatic heterocycles. The summed E-state index contributed by atoms with van der Waals surface area (Å²) in [4.78, 5) is 11.8. The van der Waals surface area contributed by atoms with E-state index in [0.717, 1.165) is 5.56 Å². The van der Waals surface area contributed by atoms with Crippen molar-refractivity contribution in [2.24, 2.45) is 0 Å². The molecule has 0 aromatic heterocycles. The zero-order chi connectivity index (χ0) is 18.7. The predicted molar refractivity (Wildman–Crippen MR) is 81.2 cm³/mol. The fraction of sp³-hybridized carbons (Fsp3) is 0.167. The van der Waals surface area contributed by atoms with Crippen molar-refractivity contribution < 1.29 is 31.5 Å². The highest BCUT2D eigenvalue weighted by molar-refractivity contribution is 5.90. The van der Waals surface area contributed by atoms with Gasteiger partial charge in [0.1, 0.15) is 11.7 Å². The topological polar surface area (TPSA) is 26.3 Å². The number of allylic oxidation sites excluding steroid dienone is 1. The molecule has 1 atom stereocenters. The molecule has 132 valence electrons. The Morgan fingerprint density at radius 2 is 1.40 bits per heavy atom. The van der Waals surface area contributed by atoms with Crippen LogP contribution in [0.25, 0.3) is 5.57 Å². The van der Waals surface area contributed by atoms with Gasteiger partial charge in [0, 0.05) is 0 Å². The zero-order valence-corrected chi connectivity index (χ0v) is 13.2. The maximum Gasteiger partial charge on any atom is 0.344 e. The average Bonchev–Trinajstić information content (AvgIpc) is 2.59. The van der Waals surface area contributed by atoms with Gasteiger partial charge in [-0.2, -0.15) is 0 Å². The van der Waals surface area contributed by atoms with Crippen molar-refractivity contribution in [1.82, 2.24) is 0 Å². The molecule has 0 saturated heterocycles. The number of esters is 1. The summed E-state index contributed by atoms with van der Waals surface area (Å²) < 4.78 is 71.3. The Morgan fingerprint density at radius 1 is 0.920 bits per heavy atom. The summed E-state index contributed by atoms with van der Waals surface area (Å²) in [6.45, 7) is 3.12. The summed E-state index contributed by atoms with van der Waals surface area (Å²) in [5.74, 6) is -12.8. The molecule has 25 heavy (non-hydrogen) atoms. The fourth-order valence-electron chi connectivity index (χ4n) is 2.20. The molecule has 0 amide bonds. The van der Waals surface area contributed by atoms with E-state index in [1.807, 2.05) is 6.07 Å². The van der Waals surface area contributed by atoms with E-state index < -0.39 is 46.7 Å². The van der Waals surface area contributed by atoms with Crippen LogP contribution in [0.3, 0.4) is 0 Å². The number of carbonyl (C=O) groups is 1. The number of benzene rings is 2. The first-order valence-electron chi connectivity index (χ1n) is 7.20. The van der Waals surface area contributed by atoms with Crippen molar-refractivity contribution in [3.8, 4) is 0 Å². The van der Waals surface area contributed by atoms with E-state index in [1.54, 1.807) is 31.2 Å². The molecular weight excluding hydrogens is 343 g/mol. The van der Waals surface area contributed by atoms with Gasteiger partial charge in [0.05, 0.1) is 0 Å². The molecule has 2 rings (SSSR count). The van der Waals surface area contributed by atoms with Crippen LogP contribution in [0.4, 0.5) is 22.0 Å². The number of hydrogen-bond acceptors (Lipinski definition) is 2. The summed E-state index contributed by atoms with van der Waals surface area (Å²) in [5.41, 5.74) is -0.0889. The Hall–Kier alpha value is -2.70.